The van der Waals surface area contributed by atoms with Gasteiger partial charge in [0, 0.05) is 0 Å². The van der Waals surface area contributed by atoms with Gasteiger partial charge in [-0.05, 0) is 0 Å². The molecule has 1 atom stereocenters. The molecule has 0 bridgehead atoms. The van der Waals surface area contributed by atoms with Crippen molar-refractivity contribution in [2.75, 3.05) is 20.4 Å². The number of carbonyl (C=O) groups excluding carboxylic acids is 2. The molecule has 0 saturated carbocycles. The summed E-state index contributed by atoms with van der Waals surface area (Å²) < 4.78 is 9.19. The molecule has 1 fully saturated rings. The number of rotatable bonds is 5. The third-order valence-corrected chi connectivity index (χ3v) is 11.6. The minimum absolute atomic E-state index is 0.122. The van der Waals surface area contributed by atoms with Gasteiger partial charge in [-0.2, -0.15) is 0 Å². The van der Waals surface area contributed by atoms with Crippen molar-refractivity contribution >= 4 is 18.5 Å². The van der Waals surface area contributed by atoms with Crippen LogP contribution in [0.15, 0.2) is 102 Å². The number of fused-ring (bicyclic) bond motifs is 1. The van der Waals surface area contributed by atoms with Crippen LogP contribution in [-0.2, 0) is 19.8 Å². The molecule has 2 heterocycles. The fourth-order valence-electron chi connectivity index (χ4n) is 6.41. The number of hydrogen-bond acceptors (Lipinski definition) is 5. The zero-order valence-electron chi connectivity index (χ0n) is 20.8. The van der Waals surface area contributed by atoms with Crippen LogP contribution in [0.5, 0.6) is 0 Å². The van der Waals surface area contributed by atoms with Gasteiger partial charge in [0.25, 0.3) is 0 Å². The Morgan fingerprint density at radius 2 is 1.23 bits per heavy atom. The molecule has 0 N–H and O–H groups in total. The van der Waals surface area contributed by atoms with E-state index >= 15 is 0 Å². The molecule has 0 aliphatic carbocycles. The maximum atomic E-state index is 13.7. The van der Waals surface area contributed by atoms with Crippen LogP contribution < -0.4 is 0 Å². The Morgan fingerprint density at radius 3 is 1.66 bits per heavy atom. The average molecular weight is 487 g/mol. The summed E-state index contributed by atoms with van der Waals surface area (Å²) in [6, 6.07) is 30.3. The Bertz CT molecular complexity index is 1300. The summed E-state index contributed by atoms with van der Waals surface area (Å²) in [5, 5.41) is 2.38. The van der Waals surface area contributed by atoms with Gasteiger partial charge in [0.1, 0.15) is 0 Å². The summed E-state index contributed by atoms with van der Waals surface area (Å²) in [6.45, 7) is 3.61. The fourth-order valence-corrected chi connectivity index (χ4v) is 11.6. The zero-order chi connectivity index (χ0) is 25.0. The molecular weight excluding hydrogens is 455 g/mol. The van der Waals surface area contributed by atoms with Crippen molar-refractivity contribution < 1.29 is 14.2 Å². The van der Waals surface area contributed by atoms with Crippen molar-refractivity contribution in [1.29, 1.82) is 0 Å². The Labute approximate surface area is 207 Å². The molecular formula is C29H31N2O3P. The van der Waals surface area contributed by atoms with Crippen LogP contribution >= 0.6 is 6.98 Å². The number of hydroxylamine groups is 2. The number of ketones is 2. The van der Waals surface area contributed by atoms with E-state index in [-0.39, 0.29) is 17.7 Å². The molecule has 3 aromatic carbocycles. The first-order valence-electron chi connectivity index (χ1n) is 11.8. The summed E-state index contributed by atoms with van der Waals surface area (Å²) >= 11 is 0. The number of Topliss-reactive ketones (excluding diaryl/α,β-unsaturated/α-hetero) is 2. The minimum atomic E-state index is -3.63. The molecule has 5 rings (SSSR count). The van der Waals surface area contributed by atoms with Crippen molar-refractivity contribution in [3.63, 3.8) is 0 Å². The van der Waals surface area contributed by atoms with Crippen LogP contribution in [0.2, 0.25) is 0 Å². The molecule has 5 nitrogen and oxygen atoms in total. The van der Waals surface area contributed by atoms with E-state index in [1.54, 1.807) is 13.8 Å². The third kappa shape index (κ3) is 3.16. The summed E-state index contributed by atoms with van der Waals surface area (Å²) in [6.07, 6.45) is -0.324. The van der Waals surface area contributed by atoms with Gasteiger partial charge in [0.15, 0.2) is 0 Å². The van der Waals surface area contributed by atoms with Gasteiger partial charge in [-0.15, -0.1) is 0 Å². The average Bonchev–Trinajstić information content (AvgIpc) is 3.18. The Kier molecular flexibility index (Phi) is 5.46. The van der Waals surface area contributed by atoms with E-state index in [1.807, 2.05) is 66.7 Å². The summed E-state index contributed by atoms with van der Waals surface area (Å²) in [7, 11) is 1.92. The van der Waals surface area contributed by atoms with Crippen molar-refractivity contribution in [3.8, 4) is 0 Å². The third-order valence-electron chi connectivity index (χ3n) is 7.32. The van der Waals surface area contributed by atoms with Gasteiger partial charge in [-0.3, -0.25) is 0 Å². The molecule has 35 heavy (non-hydrogen) atoms. The molecule has 0 amide bonds. The molecule has 2 aliphatic heterocycles. The standard InChI is InChI=1S/C29H31N2O3P/c1-21(32)26-27(22(2)33)35(4,5)31(28(30(3)34-35)23-15-9-6-10-16-23)29(26,24-17-11-7-12-18-24)25-19-13-8-14-20-25/h6-20,28H,1-5H3. The van der Waals surface area contributed by atoms with Gasteiger partial charge in [0.05, 0.1) is 0 Å². The summed E-state index contributed by atoms with van der Waals surface area (Å²) in [5.74, 6) is -0.248. The van der Waals surface area contributed by atoms with E-state index in [9.17, 15) is 9.59 Å². The van der Waals surface area contributed by atoms with Crippen LogP contribution in [0.1, 0.15) is 36.7 Å². The van der Waals surface area contributed by atoms with E-state index in [0.717, 1.165) is 16.7 Å². The van der Waals surface area contributed by atoms with E-state index in [4.69, 9.17) is 4.62 Å². The number of benzene rings is 3. The van der Waals surface area contributed by atoms with E-state index in [2.05, 4.69) is 54.4 Å². The second-order valence-corrected chi connectivity index (χ2v) is 14.9. The molecule has 180 valence electrons. The Balaban J connectivity index is 2.01. The van der Waals surface area contributed by atoms with Crippen molar-refractivity contribution in [2.45, 2.75) is 25.6 Å². The van der Waals surface area contributed by atoms with Gasteiger partial charge in [0.2, 0.25) is 0 Å². The molecule has 0 spiro atoms. The number of nitrogens with zero attached hydrogens (tertiary/aromatic N) is 2. The first-order chi connectivity index (χ1) is 16.6. The maximum absolute atomic E-state index is 13.7. The molecule has 1 unspecified atom stereocenters. The predicted octanol–water partition coefficient (Wildman–Crippen LogP) is 5.90. The molecule has 0 aromatic heterocycles. The summed E-state index contributed by atoms with van der Waals surface area (Å²) in [5.41, 5.74) is 2.41. The fraction of sp³-hybridized carbons (Fsp3) is 0.241. The number of carbonyl (C=O) groups is 2. The van der Waals surface area contributed by atoms with Gasteiger partial charge in [-0.1, -0.05) is 0 Å². The Hall–Kier alpha value is -2.95. The van der Waals surface area contributed by atoms with Crippen molar-refractivity contribution in [2.24, 2.45) is 0 Å². The molecule has 3 aromatic rings. The molecule has 1 saturated heterocycles. The van der Waals surface area contributed by atoms with E-state index in [1.165, 1.54) is 0 Å². The predicted molar refractivity (Wildman–Crippen MR) is 141 cm³/mol. The first-order valence-corrected chi connectivity index (χ1v) is 14.8. The topological polar surface area (TPSA) is 49.9 Å². The van der Waals surface area contributed by atoms with Crippen molar-refractivity contribution in [3.05, 3.63) is 119 Å². The Morgan fingerprint density at radius 1 is 0.771 bits per heavy atom. The van der Waals surface area contributed by atoms with Gasteiger partial charge >= 0.3 is 207 Å². The molecule has 0 radical (unpaired) electrons. The van der Waals surface area contributed by atoms with Crippen LogP contribution in [-0.4, -0.2) is 41.7 Å². The molecule has 6 heteroatoms. The second kappa shape index (κ2) is 8.04. The monoisotopic (exact) mass is 486 g/mol. The zero-order valence-corrected chi connectivity index (χ0v) is 21.7. The normalized spacial score (nSPS) is 23.9. The SMILES string of the molecule is CC(=O)C1=C(C(C)=O)P2(C)(C)ON(C)C(c3ccccc3)N2C1(c1ccccc1)c1ccccc1. The van der Waals surface area contributed by atoms with Crippen LogP contribution in [0, 0.1) is 0 Å². The number of allylic oxidation sites excluding steroid dienone is 1. The quantitative estimate of drug-likeness (QED) is 0.421. The first kappa shape index (κ1) is 23.8. The number of hydrogen-bond donors (Lipinski definition) is 0. The van der Waals surface area contributed by atoms with Crippen molar-refractivity contribution in [1.82, 2.24) is 9.73 Å². The van der Waals surface area contributed by atoms with Gasteiger partial charge < -0.3 is 0 Å². The van der Waals surface area contributed by atoms with Crippen LogP contribution in [0.4, 0.5) is 0 Å². The second-order valence-electron chi connectivity index (χ2n) is 9.97. The van der Waals surface area contributed by atoms with Crippen LogP contribution in [0.3, 0.4) is 0 Å². The van der Waals surface area contributed by atoms with Crippen LogP contribution in [0.25, 0.3) is 0 Å². The van der Waals surface area contributed by atoms with E-state index in [0.29, 0.717) is 10.9 Å². The van der Waals surface area contributed by atoms with Gasteiger partial charge in [-0.25, -0.2) is 0 Å². The molecule has 2 aliphatic rings. The summed E-state index contributed by atoms with van der Waals surface area (Å²) in [4.78, 5) is 27.2. The van der Waals surface area contributed by atoms with E-state index < -0.39 is 12.5 Å².